The Kier molecular flexibility index (Phi) is 6.98. The third kappa shape index (κ3) is 5.70. The lowest BCUT2D eigenvalue weighted by molar-refractivity contribution is -0.157. The summed E-state index contributed by atoms with van der Waals surface area (Å²) in [6.45, 7) is 5.39. The molecule has 0 saturated carbocycles. The van der Waals surface area contributed by atoms with Crippen molar-refractivity contribution < 1.29 is 14.3 Å². The van der Waals surface area contributed by atoms with Gasteiger partial charge in [0.1, 0.15) is 5.60 Å². The lowest BCUT2D eigenvalue weighted by Gasteiger charge is -2.24. The Labute approximate surface area is 148 Å². The van der Waals surface area contributed by atoms with E-state index in [-0.39, 0.29) is 18.3 Å². The summed E-state index contributed by atoms with van der Waals surface area (Å²) in [6, 6.07) is 17.0. The quantitative estimate of drug-likeness (QED) is 0.853. The highest BCUT2D eigenvalue weighted by atomic mass is 35.5. The number of ether oxygens (including phenoxy) is 1. The van der Waals surface area contributed by atoms with E-state index in [9.17, 15) is 9.59 Å². The van der Waals surface area contributed by atoms with Crippen LogP contribution >= 0.6 is 12.4 Å². The number of nitrogens with one attached hydrogen (secondary N) is 1. The molecular formula is C19H22ClNO3. The van der Waals surface area contributed by atoms with Gasteiger partial charge in [-0.3, -0.25) is 4.79 Å². The van der Waals surface area contributed by atoms with Crippen molar-refractivity contribution in [3.05, 3.63) is 71.8 Å². The van der Waals surface area contributed by atoms with Crippen molar-refractivity contribution in [2.45, 2.75) is 32.4 Å². The first-order valence-corrected chi connectivity index (χ1v) is 7.50. The zero-order valence-electron chi connectivity index (χ0n) is 14.0. The molecule has 2 aromatic carbocycles. The molecule has 0 fully saturated rings. The number of hydrogen-bond acceptors (Lipinski definition) is 3. The smallest absolute Gasteiger partial charge is 0.333 e. The Morgan fingerprint density at radius 3 is 1.92 bits per heavy atom. The normalized spacial score (nSPS) is 11.8. The minimum atomic E-state index is -0.844. The van der Waals surface area contributed by atoms with Gasteiger partial charge in [-0.25, -0.2) is 4.79 Å². The first kappa shape index (κ1) is 19.7. The van der Waals surface area contributed by atoms with Crippen LogP contribution in [-0.2, 0) is 9.53 Å². The summed E-state index contributed by atoms with van der Waals surface area (Å²) < 4.78 is 5.44. The second-order valence-corrected chi connectivity index (χ2v) is 6.22. The number of halogens is 1. The summed E-state index contributed by atoms with van der Waals surface area (Å²) in [5.74, 6) is -0.793. The van der Waals surface area contributed by atoms with Gasteiger partial charge in [-0.1, -0.05) is 48.5 Å². The molecule has 2 aromatic rings. The van der Waals surface area contributed by atoms with E-state index < -0.39 is 17.6 Å². The van der Waals surface area contributed by atoms with E-state index in [1.807, 2.05) is 24.3 Å². The Morgan fingerprint density at radius 2 is 1.42 bits per heavy atom. The number of hydrogen-bond donors (Lipinski definition) is 1. The number of benzene rings is 2. The second kappa shape index (κ2) is 8.50. The van der Waals surface area contributed by atoms with Crippen molar-refractivity contribution in [3.8, 4) is 0 Å². The highest BCUT2D eigenvalue weighted by molar-refractivity contribution is 5.97. The number of carbonyl (C=O) groups excluding carboxylic acids is 2. The van der Waals surface area contributed by atoms with Crippen LogP contribution in [0.25, 0.3) is 0 Å². The largest absolute Gasteiger partial charge is 0.458 e. The molecule has 0 aliphatic heterocycles. The second-order valence-electron chi connectivity index (χ2n) is 6.22. The zero-order valence-corrected chi connectivity index (χ0v) is 14.8. The van der Waals surface area contributed by atoms with Crippen molar-refractivity contribution in [2.75, 3.05) is 0 Å². The molecule has 1 N–H and O–H groups in total. The minimum absolute atomic E-state index is 0. The summed E-state index contributed by atoms with van der Waals surface area (Å²) in [7, 11) is 0. The molecule has 1 unspecified atom stereocenters. The predicted octanol–water partition coefficient (Wildman–Crippen LogP) is 3.92. The lowest BCUT2D eigenvalue weighted by Crippen LogP contribution is -2.38. The fraction of sp³-hybridized carbons (Fsp3) is 0.263. The summed E-state index contributed by atoms with van der Waals surface area (Å²) >= 11 is 0. The first-order chi connectivity index (χ1) is 10.9. The van der Waals surface area contributed by atoms with Crippen molar-refractivity contribution in [2.24, 2.45) is 0 Å². The monoisotopic (exact) mass is 347 g/mol. The molecule has 1 amide bonds. The van der Waals surface area contributed by atoms with Gasteiger partial charge in [0.2, 0.25) is 0 Å². The number of carbonyl (C=O) groups is 2. The average Bonchev–Trinajstić information content (AvgIpc) is 2.52. The van der Waals surface area contributed by atoms with Crippen LogP contribution < -0.4 is 5.32 Å². The third-order valence-electron chi connectivity index (χ3n) is 3.09. The van der Waals surface area contributed by atoms with Gasteiger partial charge in [0, 0.05) is 5.56 Å². The Morgan fingerprint density at radius 1 is 0.917 bits per heavy atom. The van der Waals surface area contributed by atoms with Gasteiger partial charge in [0.25, 0.3) is 5.91 Å². The fourth-order valence-electron chi connectivity index (χ4n) is 2.09. The maximum atomic E-state index is 12.5. The first-order valence-electron chi connectivity index (χ1n) is 7.50. The fourth-order valence-corrected chi connectivity index (χ4v) is 2.09. The molecule has 0 heterocycles. The molecule has 0 aliphatic rings. The molecule has 0 spiro atoms. The van der Waals surface area contributed by atoms with E-state index in [4.69, 9.17) is 4.74 Å². The van der Waals surface area contributed by atoms with E-state index in [0.29, 0.717) is 11.1 Å². The van der Waals surface area contributed by atoms with Crippen LogP contribution in [0.15, 0.2) is 60.7 Å². The molecule has 1 atom stereocenters. The Hall–Kier alpha value is -2.33. The van der Waals surface area contributed by atoms with E-state index in [1.165, 1.54) is 0 Å². The molecule has 0 bridgehead atoms. The molecule has 0 aliphatic carbocycles. The average molecular weight is 348 g/mol. The zero-order chi connectivity index (χ0) is 16.9. The molecule has 24 heavy (non-hydrogen) atoms. The number of amides is 1. The molecule has 4 nitrogen and oxygen atoms in total. The van der Waals surface area contributed by atoms with Gasteiger partial charge in [-0.15, -0.1) is 12.4 Å². The van der Waals surface area contributed by atoms with Crippen molar-refractivity contribution in [1.29, 1.82) is 0 Å². The van der Waals surface area contributed by atoms with Crippen molar-refractivity contribution >= 4 is 24.3 Å². The summed E-state index contributed by atoms with van der Waals surface area (Å²) in [5.41, 5.74) is 0.560. The molecule has 0 aromatic heterocycles. The van der Waals surface area contributed by atoms with Gasteiger partial charge >= 0.3 is 5.97 Å². The van der Waals surface area contributed by atoms with Gasteiger partial charge in [0.15, 0.2) is 6.04 Å². The lowest BCUT2D eigenvalue weighted by atomic mass is 10.1. The summed E-state index contributed by atoms with van der Waals surface area (Å²) in [4.78, 5) is 24.9. The van der Waals surface area contributed by atoms with Crippen LogP contribution in [0.2, 0.25) is 0 Å². The number of esters is 1. The molecular weight excluding hydrogens is 326 g/mol. The van der Waals surface area contributed by atoms with Gasteiger partial charge < -0.3 is 10.1 Å². The van der Waals surface area contributed by atoms with E-state index in [1.54, 1.807) is 57.2 Å². The summed E-state index contributed by atoms with van der Waals surface area (Å²) in [5, 5.41) is 2.76. The van der Waals surface area contributed by atoms with E-state index in [2.05, 4.69) is 5.32 Å². The Bertz CT molecular complexity index is 666. The van der Waals surface area contributed by atoms with Crippen LogP contribution in [0.4, 0.5) is 0 Å². The molecule has 2 rings (SSSR count). The maximum Gasteiger partial charge on any atom is 0.333 e. The van der Waals surface area contributed by atoms with Crippen LogP contribution in [0.5, 0.6) is 0 Å². The van der Waals surface area contributed by atoms with Crippen molar-refractivity contribution in [1.82, 2.24) is 5.32 Å². The van der Waals surface area contributed by atoms with Gasteiger partial charge in [-0.2, -0.15) is 0 Å². The number of rotatable bonds is 4. The molecule has 0 radical (unpaired) electrons. The summed E-state index contributed by atoms with van der Waals surface area (Å²) in [6.07, 6.45) is 0. The maximum absolute atomic E-state index is 12.5. The topological polar surface area (TPSA) is 55.4 Å². The van der Waals surface area contributed by atoms with Crippen LogP contribution in [0.3, 0.4) is 0 Å². The van der Waals surface area contributed by atoms with Crippen LogP contribution in [-0.4, -0.2) is 17.5 Å². The Balaban J connectivity index is 0.00000288. The van der Waals surface area contributed by atoms with E-state index in [0.717, 1.165) is 0 Å². The van der Waals surface area contributed by atoms with Crippen LogP contribution in [0, 0.1) is 0 Å². The molecule has 128 valence electrons. The van der Waals surface area contributed by atoms with E-state index >= 15 is 0 Å². The molecule has 0 saturated heterocycles. The third-order valence-corrected chi connectivity index (χ3v) is 3.09. The highest BCUT2D eigenvalue weighted by Gasteiger charge is 2.28. The SMILES string of the molecule is CC(C)(C)OC(=O)C(NC(=O)c1ccccc1)c1ccccc1.Cl. The van der Waals surface area contributed by atoms with Gasteiger partial charge in [0.05, 0.1) is 0 Å². The predicted molar refractivity (Wildman–Crippen MR) is 96.2 cm³/mol. The highest BCUT2D eigenvalue weighted by Crippen LogP contribution is 2.19. The van der Waals surface area contributed by atoms with Crippen molar-refractivity contribution in [3.63, 3.8) is 0 Å². The molecule has 5 heteroatoms. The minimum Gasteiger partial charge on any atom is -0.458 e. The van der Waals surface area contributed by atoms with Gasteiger partial charge in [-0.05, 0) is 38.5 Å². The standard InChI is InChI=1S/C19H21NO3.ClH/c1-19(2,3)23-18(22)16(14-10-6-4-7-11-14)20-17(21)15-12-8-5-9-13-15;/h4-13,16H,1-3H3,(H,20,21);1H. The van der Waals surface area contributed by atoms with Crippen LogP contribution in [0.1, 0.15) is 42.7 Å².